The van der Waals surface area contributed by atoms with E-state index in [4.69, 9.17) is 0 Å². The van der Waals surface area contributed by atoms with E-state index < -0.39 is 0 Å². The van der Waals surface area contributed by atoms with Gasteiger partial charge in [-0.25, -0.2) is 9.97 Å². The number of aryl methyl sites for hydroxylation is 2. The molecular weight excluding hydrogens is 268 g/mol. The van der Waals surface area contributed by atoms with Crippen molar-refractivity contribution in [2.45, 2.75) is 40.2 Å². The molecule has 4 nitrogen and oxygen atoms in total. The predicted octanol–water partition coefficient (Wildman–Crippen LogP) is 3.13. The van der Waals surface area contributed by atoms with E-state index in [1.165, 1.54) is 15.8 Å². The topological polar surface area (TPSA) is 41.1 Å². The third kappa shape index (κ3) is 3.27. The van der Waals surface area contributed by atoms with E-state index in [1.54, 1.807) is 17.7 Å². The number of aromatic nitrogens is 2. The lowest BCUT2D eigenvalue weighted by molar-refractivity contribution is 0.430. The fourth-order valence-electron chi connectivity index (χ4n) is 2.16. The molecule has 0 bridgehead atoms. The number of nitrogens with one attached hydrogen (secondary N) is 1. The number of anilines is 1. The van der Waals surface area contributed by atoms with Crippen molar-refractivity contribution in [1.82, 2.24) is 15.3 Å². The van der Waals surface area contributed by atoms with Crippen LogP contribution in [0.4, 0.5) is 5.82 Å². The zero-order valence-electron chi connectivity index (χ0n) is 13.2. The Morgan fingerprint density at radius 1 is 1.25 bits per heavy atom. The Balaban J connectivity index is 2.20. The fourth-order valence-corrected chi connectivity index (χ4v) is 3.15. The minimum absolute atomic E-state index is 0.150. The van der Waals surface area contributed by atoms with Gasteiger partial charge in [0.05, 0.1) is 5.39 Å². The molecule has 0 aromatic carbocycles. The fraction of sp³-hybridized carbons (Fsp3) is 0.600. The first-order valence-corrected chi connectivity index (χ1v) is 7.78. The van der Waals surface area contributed by atoms with Crippen LogP contribution < -0.4 is 10.2 Å². The Hall–Kier alpha value is -1.20. The molecule has 2 heterocycles. The quantitative estimate of drug-likeness (QED) is 0.940. The van der Waals surface area contributed by atoms with Crippen LogP contribution in [-0.2, 0) is 0 Å². The maximum atomic E-state index is 4.49. The lowest BCUT2D eigenvalue weighted by atomic mass is 10.1. The minimum Gasteiger partial charge on any atom is -0.358 e. The lowest BCUT2D eigenvalue weighted by Crippen LogP contribution is -2.40. The molecular formula is C15H24N4S. The average molecular weight is 292 g/mol. The molecule has 0 saturated carbocycles. The highest BCUT2D eigenvalue weighted by atomic mass is 32.1. The molecule has 2 aromatic rings. The molecule has 0 aliphatic carbocycles. The van der Waals surface area contributed by atoms with Crippen molar-refractivity contribution in [2.24, 2.45) is 0 Å². The second-order valence-electron chi connectivity index (χ2n) is 6.26. The summed E-state index contributed by atoms with van der Waals surface area (Å²) in [6.45, 7) is 12.7. The summed E-state index contributed by atoms with van der Waals surface area (Å²) < 4.78 is 0. The Kier molecular flexibility index (Phi) is 4.30. The Bertz CT molecular complexity index is 598. The van der Waals surface area contributed by atoms with E-state index in [9.17, 15) is 0 Å². The van der Waals surface area contributed by atoms with Crippen molar-refractivity contribution in [3.63, 3.8) is 0 Å². The van der Waals surface area contributed by atoms with Crippen LogP contribution in [0.15, 0.2) is 6.33 Å². The Morgan fingerprint density at radius 3 is 2.60 bits per heavy atom. The number of thiophene rings is 1. The molecule has 0 unspecified atom stereocenters. The van der Waals surface area contributed by atoms with Gasteiger partial charge in [0.15, 0.2) is 0 Å². The number of fused-ring (bicyclic) bond motifs is 1. The zero-order chi connectivity index (χ0) is 14.9. The maximum absolute atomic E-state index is 4.49. The lowest BCUT2D eigenvalue weighted by Gasteiger charge is -2.24. The van der Waals surface area contributed by atoms with E-state index in [-0.39, 0.29) is 5.54 Å². The van der Waals surface area contributed by atoms with Crippen LogP contribution in [0.3, 0.4) is 0 Å². The summed E-state index contributed by atoms with van der Waals surface area (Å²) in [7, 11) is 2.10. The summed E-state index contributed by atoms with van der Waals surface area (Å²) in [5.74, 6) is 1.03. The first kappa shape index (κ1) is 15.2. The van der Waals surface area contributed by atoms with Crippen LogP contribution >= 0.6 is 11.3 Å². The molecule has 0 saturated heterocycles. The predicted molar refractivity (Wildman–Crippen MR) is 87.9 cm³/mol. The van der Waals surface area contributed by atoms with Crippen molar-refractivity contribution in [3.8, 4) is 0 Å². The van der Waals surface area contributed by atoms with Crippen molar-refractivity contribution >= 4 is 27.4 Å². The maximum Gasteiger partial charge on any atom is 0.140 e. The van der Waals surface area contributed by atoms with Gasteiger partial charge in [-0.2, -0.15) is 0 Å². The third-order valence-corrected chi connectivity index (χ3v) is 4.52. The van der Waals surface area contributed by atoms with E-state index in [0.29, 0.717) is 0 Å². The van der Waals surface area contributed by atoms with Crippen LogP contribution in [0.25, 0.3) is 10.2 Å². The second kappa shape index (κ2) is 5.66. The van der Waals surface area contributed by atoms with Gasteiger partial charge in [-0.15, -0.1) is 11.3 Å². The van der Waals surface area contributed by atoms with Gasteiger partial charge < -0.3 is 10.2 Å². The molecule has 0 fully saturated rings. The van der Waals surface area contributed by atoms with Crippen molar-refractivity contribution in [3.05, 3.63) is 16.8 Å². The summed E-state index contributed by atoms with van der Waals surface area (Å²) in [5, 5.41) is 4.71. The molecule has 0 aliphatic rings. The normalized spacial score (nSPS) is 12.1. The Labute approximate surface area is 125 Å². The largest absolute Gasteiger partial charge is 0.358 e. The van der Waals surface area contributed by atoms with Crippen LogP contribution in [0.5, 0.6) is 0 Å². The molecule has 0 amide bonds. The van der Waals surface area contributed by atoms with Crippen LogP contribution in [0.1, 0.15) is 31.2 Å². The molecule has 2 aromatic heterocycles. The average Bonchev–Trinajstić information content (AvgIpc) is 2.63. The number of nitrogens with zero attached hydrogens (tertiary/aromatic N) is 3. The smallest absolute Gasteiger partial charge is 0.140 e. The number of rotatable bonds is 4. The van der Waals surface area contributed by atoms with Crippen LogP contribution in [0, 0.1) is 13.8 Å². The monoisotopic (exact) mass is 292 g/mol. The molecule has 0 spiro atoms. The van der Waals surface area contributed by atoms with Crippen molar-refractivity contribution in [1.29, 1.82) is 0 Å². The van der Waals surface area contributed by atoms with Gasteiger partial charge in [0.1, 0.15) is 17.0 Å². The zero-order valence-corrected chi connectivity index (χ0v) is 14.1. The Morgan fingerprint density at radius 2 is 1.95 bits per heavy atom. The summed E-state index contributed by atoms with van der Waals surface area (Å²) in [4.78, 5) is 13.5. The second-order valence-corrected chi connectivity index (χ2v) is 7.46. The van der Waals surface area contributed by atoms with Crippen LogP contribution in [0.2, 0.25) is 0 Å². The molecule has 110 valence electrons. The molecule has 1 N–H and O–H groups in total. The summed E-state index contributed by atoms with van der Waals surface area (Å²) >= 11 is 1.75. The van der Waals surface area contributed by atoms with E-state index in [1.807, 2.05) is 0 Å². The summed E-state index contributed by atoms with van der Waals surface area (Å²) in [6, 6.07) is 0. The number of hydrogen-bond acceptors (Lipinski definition) is 5. The van der Waals surface area contributed by atoms with E-state index in [2.05, 4.69) is 61.9 Å². The number of hydrogen-bond donors (Lipinski definition) is 1. The molecule has 5 heteroatoms. The SMILES string of the molecule is Cc1sc2ncnc(N(C)CCNC(C)(C)C)c2c1C. The standard InChI is InChI=1S/C15H24N4S/c1-10-11(2)20-14-12(10)13(16-9-17-14)19(6)8-7-18-15(3,4)5/h9,18H,7-8H2,1-6H3. The van der Waals surface area contributed by atoms with E-state index in [0.717, 1.165) is 23.7 Å². The minimum atomic E-state index is 0.150. The molecule has 20 heavy (non-hydrogen) atoms. The molecule has 2 rings (SSSR count). The summed E-state index contributed by atoms with van der Waals surface area (Å²) in [5.41, 5.74) is 1.45. The molecule has 0 aliphatic heterocycles. The highest BCUT2D eigenvalue weighted by molar-refractivity contribution is 7.18. The molecule has 0 atom stereocenters. The van der Waals surface area contributed by atoms with Gasteiger partial charge in [0, 0.05) is 30.6 Å². The van der Waals surface area contributed by atoms with Crippen LogP contribution in [-0.4, -0.2) is 35.6 Å². The molecule has 0 radical (unpaired) electrons. The van der Waals surface area contributed by atoms with Crippen molar-refractivity contribution < 1.29 is 0 Å². The van der Waals surface area contributed by atoms with Crippen molar-refractivity contribution in [2.75, 3.05) is 25.0 Å². The third-order valence-electron chi connectivity index (χ3n) is 3.41. The van der Waals surface area contributed by atoms with E-state index >= 15 is 0 Å². The van der Waals surface area contributed by atoms with Gasteiger partial charge in [0.25, 0.3) is 0 Å². The van der Waals surface area contributed by atoms with Gasteiger partial charge >= 0.3 is 0 Å². The summed E-state index contributed by atoms with van der Waals surface area (Å²) in [6.07, 6.45) is 1.67. The first-order valence-electron chi connectivity index (χ1n) is 6.96. The van der Waals surface area contributed by atoms with Gasteiger partial charge in [-0.3, -0.25) is 0 Å². The highest BCUT2D eigenvalue weighted by Gasteiger charge is 2.15. The number of likely N-dealkylation sites (N-methyl/N-ethyl adjacent to an activating group) is 1. The van der Waals surface area contributed by atoms with Gasteiger partial charge in [-0.1, -0.05) is 0 Å². The van der Waals surface area contributed by atoms with Gasteiger partial charge in [0.2, 0.25) is 0 Å². The van der Waals surface area contributed by atoms with Gasteiger partial charge in [-0.05, 0) is 40.2 Å². The first-order chi connectivity index (χ1) is 9.29. The highest BCUT2D eigenvalue weighted by Crippen LogP contribution is 2.33.